The molecule has 0 unspecified atom stereocenters. The van der Waals surface area contributed by atoms with Gasteiger partial charge in [0.2, 0.25) is 0 Å². The van der Waals surface area contributed by atoms with Crippen LogP contribution in [0.3, 0.4) is 0 Å². The molecule has 0 radical (unpaired) electrons. The zero-order valence-corrected chi connectivity index (χ0v) is 9.32. The second-order valence-electron chi connectivity index (χ2n) is 2.67. The van der Waals surface area contributed by atoms with Gasteiger partial charge in [0, 0.05) is 0 Å². The smallest absolute Gasteiger partial charge is 0.119 e. The van der Waals surface area contributed by atoms with Crippen LogP contribution < -0.4 is 0 Å². The van der Waals surface area contributed by atoms with Crippen molar-refractivity contribution in [1.82, 2.24) is 0 Å². The number of phenolic OH excluding ortho intramolecular Hbond substituents is 1. The Morgan fingerprint density at radius 2 is 1.60 bits per heavy atom. The van der Waals surface area contributed by atoms with Crippen LogP contribution in [0.25, 0.3) is 0 Å². The first kappa shape index (κ1) is 15.8. The minimum atomic E-state index is 0.437. The van der Waals surface area contributed by atoms with E-state index in [1.165, 1.54) is 5.56 Å². The van der Waals surface area contributed by atoms with Crippen molar-refractivity contribution in [2.45, 2.75) is 26.7 Å². The molecule has 3 nitrogen and oxygen atoms in total. The number of hydrogen-bond acceptors (Lipinski definition) is 3. The van der Waals surface area contributed by atoms with Crippen LogP contribution in [0.2, 0.25) is 0 Å². The van der Waals surface area contributed by atoms with Crippen LogP contribution in [-0.2, 0) is 22.4 Å². The summed E-state index contributed by atoms with van der Waals surface area (Å²) in [4.78, 5) is 16.0. The van der Waals surface area contributed by atoms with E-state index in [1.54, 1.807) is 0 Å². The highest BCUT2D eigenvalue weighted by atomic mass is 16.3. The van der Waals surface area contributed by atoms with Crippen molar-refractivity contribution < 1.29 is 14.7 Å². The Morgan fingerprint density at radius 3 is 1.93 bits per heavy atom. The van der Waals surface area contributed by atoms with Crippen molar-refractivity contribution in [3.8, 4) is 5.75 Å². The van der Waals surface area contributed by atoms with E-state index in [9.17, 15) is 5.11 Å². The van der Waals surface area contributed by atoms with E-state index in [0.29, 0.717) is 5.75 Å². The first-order valence-electron chi connectivity index (χ1n) is 4.66. The zero-order valence-electron chi connectivity index (χ0n) is 9.32. The summed E-state index contributed by atoms with van der Waals surface area (Å²) < 4.78 is 0. The molecule has 1 aromatic carbocycles. The monoisotopic (exact) mass is 210 g/mol. The van der Waals surface area contributed by atoms with Crippen molar-refractivity contribution in [2.75, 3.05) is 0 Å². The molecule has 0 aliphatic heterocycles. The molecule has 0 spiro atoms. The molecule has 0 saturated heterocycles. The van der Waals surface area contributed by atoms with Crippen molar-refractivity contribution in [3.05, 3.63) is 29.3 Å². The Kier molecular flexibility index (Phi) is 11.0. The molecule has 0 aromatic heterocycles. The molecule has 0 bridgehead atoms. The fourth-order valence-electron chi connectivity index (χ4n) is 1.13. The summed E-state index contributed by atoms with van der Waals surface area (Å²) in [6.07, 6.45) is 1.88. The summed E-state index contributed by atoms with van der Waals surface area (Å²) in [5.74, 6) is 0.437. The van der Waals surface area contributed by atoms with Crippen LogP contribution in [0.5, 0.6) is 5.75 Å². The number of carbonyl (C=O) groups is 2. The molecule has 0 amide bonds. The highest BCUT2D eigenvalue weighted by Gasteiger charge is 1.98. The van der Waals surface area contributed by atoms with Gasteiger partial charge >= 0.3 is 0 Å². The summed E-state index contributed by atoms with van der Waals surface area (Å²) in [5, 5.41) is 9.42. The summed E-state index contributed by atoms with van der Waals surface area (Å²) in [6, 6.07) is 5.91. The lowest BCUT2D eigenvalue weighted by molar-refractivity contribution is -0.0987. The lowest BCUT2D eigenvalue weighted by atomic mass is 10.1. The lowest BCUT2D eigenvalue weighted by Gasteiger charge is -2.02. The zero-order chi connectivity index (χ0) is 12.3. The van der Waals surface area contributed by atoms with Crippen LogP contribution >= 0.6 is 0 Å². The van der Waals surface area contributed by atoms with Gasteiger partial charge in [0.25, 0.3) is 0 Å². The van der Waals surface area contributed by atoms with Crippen LogP contribution in [0.4, 0.5) is 0 Å². The molecule has 3 heteroatoms. The average Bonchev–Trinajstić information content (AvgIpc) is 2.34. The topological polar surface area (TPSA) is 54.4 Å². The molecule has 0 saturated carbocycles. The second-order valence-corrected chi connectivity index (χ2v) is 2.67. The maximum atomic E-state index is 9.42. The van der Waals surface area contributed by atoms with Gasteiger partial charge in [-0.1, -0.05) is 26.0 Å². The summed E-state index contributed by atoms with van der Waals surface area (Å²) in [6.45, 7) is 8.13. The number of aromatic hydroxyl groups is 1. The molecule has 0 heterocycles. The van der Waals surface area contributed by atoms with E-state index in [1.807, 2.05) is 32.6 Å². The van der Waals surface area contributed by atoms with Gasteiger partial charge in [0.05, 0.1) is 0 Å². The molecule has 0 aliphatic rings. The molecule has 1 aromatic rings. The van der Waals surface area contributed by atoms with Crippen LogP contribution in [0, 0.1) is 0 Å². The van der Waals surface area contributed by atoms with Crippen molar-refractivity contribution in [1.29, 1.82) is 0 Å². The summed E-state index contributed by atoms with van der Waals surface area (Å²) >= 11 is 0. The summed E-state index contributed by atoms with van der Waals surface area (Å²) in [7, 11) is 0. The fourth-order valence-corrected chi connectivity index (χ4v) is 1.13. The van der Waals surface area contributed by atoms with Crippen molar-refractivity contribution >= 4 is 13.6 Å². The molecular weight excluding hydrogens is 192 g/mol. The molecule has 84 valence electrons. The largest absolute Gasteiger partial charge is 0.508 e. The van der Waals surface area contributed by atoms with Gasteiger partial charge in [-0.3, -0.25) is 0 Å². The van der Waals surface area contributed by atoms with E-state index in [4.69, 9.17) is 9.59 Å². The molecular formula is C12H18O3. The molecule has 1 N–H and O–H groups in total. The minimum absolute atomic E-state index is 0.437. The second kappa shape index (κ2) is 10.4. The normalized spacial score (nSPS) is 7.87. The Labute approximate surface area is 90.7 Å². The highest BCUT2D eigenvalue weighted by molar-refractivity contribution is 5.36. The highest BCUT2D eigenvalue weighted by Crippen LogP contribution is 2.19. The summed E-state index contributed by atoms with van der Waals surface area (Å²) in [5.41, 5.74) is 2.22. The maximum absolute atomic E-state index is 9.42. The number of benzene rings is 1. The van der Waals surface area contributed by atoms with E-state index in [2.05, 4.69) is 13.0 Å². The molecule has 0 aliphatic carbocycles. The van der Waals surface area contributed by atoms with Gasteiger partial charge < -0.3 is 14.7 Å². The maximum Gasteiger partial charge on any atom is 0.119 e. The number of rotatable bonds is 2. The standard InChI is InChI=1S/C10H14O.2CH2O/c1-3-8-5-6-9(4-2)10(11)7-8;2*1-2/h5-7,11H,3-4H2,1-2H3;2*1H2. The Hall–Kier alpha value is -1.64. The van der Waals surface area contributed by atoms with E-state index in [-0.39, 0.29) is 0 Å². The van der Waals surface area contributed by atoms with Crippen molar-refractivity contribution in [2.24, 2.45) is 0 Å². The minimum Gasteiger partial charge on any atom is -0.508 e. The third-order valence-electron chi connectivity index (χ3n) is 1.94. The molecule has 1 rings (SSSR count). The van der Waals surface area contributed by atoms with Crippen LogP contribution in [0.15, 0.2) is 18.2 Å². The van der Waals surface area contributed by atoms with E-state index < -0.39 is 0 Å². The first-order valence-corrected chi connectivity index (χ1v) is 4.66. The molecule has 0 atom stereocenters. The predicted molar refractivity (Wildman–Crippen MR) is 61.1 cm³/mol. The van der Waals surface area contributed by atoms with Crippen LogP contribution in [0.1, 0.15) is 25.0 Å². The Balaban J connectivity index is 0. The number of aryl methyl sites for hydroxylation is 2. The van der Waals surface area contributed by atoms with Gasteiger partial charge in [-0.2, -0.15) is 0 Å². The van der Waals surface area contributed by atoms with E-state index >= 15 is 0 Å². The number of carbonyl (C=O) groups excluding carboxylic acids is 2. The number of hydrogen-bond donors (Lipinski definition) is 1. The van der Waals surface area contributed by atoms with E-state index in [0.717, 1.165) is 18.4 Å². The Bertz CT molecular complexity index is 270. The van der Waals surface area contributed by atoms with Gasteiger partial charge in [-0.15, -0.1) is 0 Å². The van der Waals surface area contributed by atoms with Gasteiger partial charge in [0.1, 0.15) is 19.3 Å². The van der Waals surface area contributed by atoms with Gasteiger partial charge in [0.15, 0.2) is 0 Å². The molecule has 0 fully saturated rings. The average molecular weight is 210 g/mol. The third-order valence-corrected chi connectivity index (χ3v) is 1.94. The third kappa shape index (κ3) is 5.62. The predicted octanol–water partition coefficient (Wildman–Crippen LogP) is 2.15. The van der Waals surface area contributed by atoms with Gasteiger partial charge in [-0.25, -0.2) is 0 Å². The number of phenols is 1. The molecule has 15 heavy (non-hydrogen) atoms. The lowest BCUT2D eigenvalue weighted by Crippen LogP contribution is -1.84. The van der Waals surface area contributed by atoms with Gasteiger partial charge in [-0.05, 0) is 30.0 Å². The Morgan fingerprint density at radius 1 is 1.07 bits per heavy atom. The first-order chi connectivity index (χ1) is 7.27. The quantitative estimate of drug-likeness (QED) is 0.813. The SMILES string of the molecule is C=O.C=O.CCc1ccc(CC)c(O)c1. The fraction of sp³-hybridized carbons (Fsp3) is 0.333. The van der Waals surface area contributed by atoms with Crippen molar-refractivity contribution in [3.63, 3.8) is 0 Å². The van der Waals surface area contributed by atoms with Crippen LogP contribution in [-0.4, -0.2) is 18.7 Å².